The normalized spacial score (nSPS) is 23.2. The second-order valence-corrected chi connectivity index (χ2v) is 5.58. The number of carbonyl (C=O) groups is 1. The molecule has 2 unspecified atom stereocenters. The van der Waals surface area contributed by atoms with Crippen LogP contribution >= 0.6 is 15.9 Å². The molecule has 1 saturated heterocycles. The Morgan fingerprint density at radius 3 is 2.68 bits per heavy atom. The average Bonchev–Trinajstić information content (AvgIpc) is 2.39. The molecule has 2 rings (SSSR count). The number of halogens is 1. The van der Waals surface area contributed by atoms with Gasteiger partial charge in [-0.15, -0.1) is 0 Å². The van der Waals surface area contributed by atoms with Gasteiger partial charge >= 0.3 is 0 Å². The Balaban J connectivity index is 2.20. The standard InChI is InChI=1S/C15H20BrNO2/c1-11-5-3-6-12(2)17(11)15(18)13-7-4-8-14(9-13)19-10-16/h4,7-9,11-12H,3,5-6,10H2,1-2H3. The highest BCUT2D eigenvalue weighted by atomic mass is 79.9. The van der Waals surface area contributed by atoms with Crippen LogP contribution in [0.4, 0.5) is 0 Å². The molecule has 1 aromatic carbocycles. The smallest absolute Gasteiger partial charge is 0.254 e. The van der Waals surface area contributed by atoms with E-state index in [9.17, 15) is 4.79 Å². The average molecular weight is 326 g/mol. The SMILES string of the molecule is CC1CCCC(C)N1C(=O)c1cccc(OCBr)c1. The van der Waals surface area contributed by atoms with Crippen LogP contribution in [-0.4, -0.2) is 28.4 Å². The molecule has 1 aromatic rings. The van der Waals surface area contributed by atoms with Gasteiger partial charge < -0.3 is 9.64 Å². The van der Waals surface area contributed by atoms with Gasteiger partial charge in [0.15, 0.2) is 0 Å². The molecule has 0 spiro atoms. The highest BCUT2D eigenvalue weighted by Gasteiger charge is 2.29. The van der Waals surface area contributed by atoms with Gasteiger partial charge in [0.2, 0.25) is 0 Å². The zero-order valence-electron chi connectivity index (χ0n) is 11.4. The Labute approximate surface area is 123 Å². The van der Waals surface area contributed by atoms with Gasteiger partial charge in [-0.2, -0.15) is 0 Å². The van der Waals surface area contributed by atoms with Crippen LogP contribution in [0.5, 0.6) is 5.75 Å². The Morgan fingerprint density at radius 2 is 2.05 bits per heavy atom. The molecule has 0 radical (unpaired) electrons. The van der Waals surface area contributed by atoms with Gasteiger partial charge in [0.05, 0.1) is 0 Å². The minimum absolute atomic E-state index is 0.111. The van der Waals surface area contributed by atoms with E-state index >= 15 is 0 Å². The molecule has 0 bridgehead atoms. The zero-order chi connectivity index (χ0) is 13.8. The van der Waals surface area contributed by atoms with E-state index in [1.807, 2.05) is 29.2 Å². The highest BCUT2D eigenvalue weighted by Crippen LogP contribution is 2.25. The van der Waals surface area contributed by atoms with Crippen molar-refractivity contribution < 1.29 is 9.53 Å². The summed E-state index contributed by atoms with van der Waals surface area (Å²) in [6.45, 7) is 4.26. The van der Waals surface area contributed by atoms with Crippen LogP contribution < -0.4 is 4.74 Å². The molecule has 4 heteroatoms. The summed E-state index contributed by atoms with van der Waals surface area (Å²) in [5, 5.41) is 0. The van der Waals surface area contributed by atoms with Gasteiger partial charge in [0.25, 0.3) is 5.91 Å². The van der Waals surface area contributed by atoms with Crippen LogP contribution in [0.15, 0.2) is 24.3 Å². The van der Waals surface area contributed by atoms with Crippen LogP contribution in [-0.2, 0) is 0 Å². The number of rotatable bonds is 3. The van der Waals surface area contributed by atoms with Crippen LogP contribution in [0.25, 0.3) is 0 Å². The van der Waals surface area contributed by atoms with E-state index in [1.165, 1.54) is 6.42 Å². The minimum Gasteiger partial charge on any atom is -0.482 e. The number of ether oxygens (including phenoxy) is 1. The second-order valence-electron chi connectivity index (χ2n) is 5.12. The Bertz CT molecular complexity index is 440. The van der Waals surface area contributed by atoms with Gasteiger partial charge in [-0.25, -0.2) is 0 Å². The third-order valence-electron chi connectivity index (χ3n) is 3.73. The topological polar surface area (TPSA) is 29.5 Å². The lowest BCUT2D eigenvalue weighted by molar-refractivity contribution is 0.0510. The van der Waals surface area contributed by atoms with Crippen molar-refractivity contribution in [3.63, 3.8) is 0 Å². The van der Waals surface area contributed by atoms with E-state index < -0.39 is 0 Å². The summed E-state index contributed by atoms with van der Waals surface area (Å²) in [6, 6.07) is 8.04. The van der Waals surface area contributed by atoms with Gasteiger partial charge in [0.1, 0.15) is 11.3 Å². The molecule has 0 aliphatic carbocycles. The number of alkyl halides is 1. The van der Waals surface area contributed by atoms with Gasteiger partial charge in [-0.3, -0.25) is 4.79 Å². The van der Waals surface area contributed by atoms with Crippen molar-refractivity contribution >= 4 is 21.8 Å². The predicted molar refractivity (Wildman–Crippen MR) is 79.8 cm³/mol. The van der Waals surface area contributed by atoms with E-state index in [4.69, 9.17) is 4.74 Å². The van der Waals surface area contributed by atoms with E-state index in [2.05, 4.69) is 29.8 Å². The number of hydrogen-bond acceptors (Lipinski definition) is 2. The van der Waals surface area contributed by atoms with Crippen molar-refractivity contribution in [1.29, 1.82) is 0 Å². The van der Waals surface area contributed by atoms with Crippen molar-refractivity contribution in [2.24, 2.45) is 0 Å². The molecule has 1 aliphatic rings. The van der Waals surface area contributed by atoms with Crippen LogP contribution in [0.2, 0.25) is 0 Å². The molecule has 1 heterocycles. The number of carbonyl (C=O) groups excluding carboxylic acids is 1. The molecule has 0 aromatic heterocycles. The Kier molecular flexibility index (Phi) is 4.86. The van der Waals surface area contributed by atoms with E-state index in [-0.39, 0.29) is 5.91 Å². The largest absolute Gasteiger partial charge is 0.482 e. The van der Waals surface area contributed by atoms with Gasteiger partial charge in [-0.1, -0.05) is 6.07 Å². The summed E-state index contributed by atoms with van der Waals surface area (Å²) in [5.41, 5.74) is 1.14. The molecule has 1 fully saturated rings. The molecule has 2 atom stereocenters. The molecule has 104 valence electrons. The molecule has 0 saturated carbocycles. The number of benzene rings is 1. The van der Waals surface area contributed by atoms with Crippen molar-refractivity contribution in [1.82, 2.24) is 4.90 Å². The molecule has 3 nitrogen and oxygen atoms in total. The summed E-state index contributed by atoms with van der Waals surface area (Å²) >= 11 is 3.23. The van der Waals surface area contributed by atoms with Crippen molar-refractivity contribution in [3.05, 3.63) is 29.8 Å². The van der Waals surface area contributed by atoms with Crippen molar-refractivity contribution in [3.8, 4) is 5.75 Å². The maximum Gasteiger partial charge on any atom is 0.254 e. The van der Waals surface area contributed by atoms with Crippen LogP contribution in [0, 0.1) is 0 Å². The van der Waals surface area contributed by atoms with Crippen LogP contribution in [0.1, 0.15) is 43.5 Å². The molecular formula is C15H20BrNO2. The minimum atomic E-state index is 0.111. The maximum atomic E-state index is 12.6. The fraction of sp³-hybridized carbons (Fsp3) is 0.533. The highest BCUT2D eigenvalue weighted by molar-refractivity contribution is 9.09. The summed E-state index contributed by atoms with van der Waals surface area (Å²) in [5.74, 6) is 0.833. The molecular weight excluding hydrogens is 306 g/mol. The fourth-order valence-electron chi connectivity index (χ4n) is 2.75. The summed E-state index contributed by atoms with van der Waals surface area (Å²) in [7, 11) is 0. The van der Waals surface area contributed by atoms with E-state index in [0.29, 0.717) is 23.2 Å². The quantitative estimate of drug-likeness (QED) is 0.790. The monoisotopic (exact) mass is 325 g/mol. The summed E-state index contributed by atoms with van der Waals surface area (Å²) in [6.07, 6.45) is 3.39. The number of hydrogen-bond donors (Lipinski definition) is 0. The molecule has 1 amide bonds. The lowest BCUT2D eigenvalue weighted by Crippen LogP contribution is -2.47. The van der Waals surface area contributed by atoms with Crippen LogP contribution in [0.3, 0.4) is 0 Å². The Hall–Kier alpha value is -1.03. The summed E-state index contributed by atoms with van der Waals surface area (Å²) in [4.78, 5) is 14.6. The first-order chi connectivity index (χ1) is 9.13. The summed E-state index contributed by atoms with van der Waals surface area (Å²) < 4.78 is 5.38. The Morgan fingerprint density at radius 1 is 1.37 bits per heavy atom. The number of nitrogens with zero attached hydrogens (tertiary/aromatic N) is 1. The first-order valence-electron chi connectivity index (χ1n) is 6.75. The number of piperidine rings is 1. The first kappa shape index (κ1) is 14.4. The first-order valence-corrected chi connectivity index (χ1v) is 7.87. The zero-order valence-corrected chi connectivity index (χ0v) is 13.0. The van der Waals surface area contributed by atoms with Crippen molar-refractivity contribution in [2.75, 3.05) is 5.52 Å². The lowest BCUT2D eigenvalue weighted by atomic mass is 9.96. The maximum absolute atomic E-state index is 12.6. The van der Waals surface area contributed by atoms with Crippen molar-refractivity contribution in [2.45, 2.75) is 45.2 Å². The number of likely N-dealkylation sites (tertiary alicyclic amines) is 1. The third kappa shape index (κ3) is 3.30. The van der Waals surface area contributed by atoms with Gasteiger partial charge in [-0.05, 0) is 67.2 Å². The number of amides is 1. The lowest BCUT2D eigenvalue weighted by Gasteiger charge is -2.39. The molecule has 0 N–H and O–H groups in total. The van der Waals surface area contributed by atoms with Gasteiger partial charge in [0, 0.05) is 17.6 Å². The van der Waals surface area contributed by atoms with E-state index in [0.717, 1.165) is 18.6 Å². The predicted octanol–water partition coefficient (Wildman–Crippen LogP) is 3.82. The molecule has 1 aliphatic heterocycles. The fourth-order valence-corrected chi connectivity index (χ4v) is 3.02. The second kappa shape index (κ2) is 6.42. The van der Waals surface area contributed by atoms with E-state index in [1.54, 1.807) is 0 Å². The third-order valence-corrected chi connectivity index (χ3v) is 3.96. The molecule has 19 heavy (non-hydrogen) atoms.